The quantitative estimate of drug-likeness (QED) is 0.874. The minimum absolute atomic E-state index is 0.549. The SMILES string of the molecule is Cc1ccnc(NC[C@@H]2CCN(Cc3nnnn3C3CC3)C2)c1. The molecule has 0 unspecified atom stereocenters. The normalized spacial score (nSPS) is 21.7. The molecule has 0 spiro atoms. The van der Waals surface area contributed by atoms with Gasteiger partial charge in [0.1, 0.15) is 5.82 Å². The standard InChI is InChI=1S/C16H23N7/c1-12-4-6-17-15(8-12)18-9-13-5-7-22(10-13)11-16-19-20-21-23(16)14-2-3-14/h4,6,8,13-14H,2-3,5,7,9-11H2,1H3,(H,17,18)/t13-/m0/s1. The summed E-state index contributed by atoms with van der Waals surface area (Å²) < 4.78 is 2.02. The maximum Gasteiger partial charge on any atom is 0.165 e. The van der Waals surface area contributed by atoms with Crippen LogP contribution in [0.2, 0.25) is 0 Å². The van der Waals surface area contributed by atoms with Crippen LogP contribution in [0.5, 0.6) is 0 Å². The zero-order valence-corrected chi connectivity index (χ0v) is 13.5. The smallest absolute Gasteiger partial charge is 0.165 e. The molecule has 2 aliphatic rings. The molecule has 7 nitrogen and oxygen atoms in total. The van der Waals surface area contributed by atoms with Gasteiger partial charge in [-0.05, 0) is 66.8 Å². The fraction of sp³-hybridized carbons (Fsp3) is 0.625. The van der Waals surface area contributed by atoms with Crippen LogP contribution in [-0.4, -0.2) is 49.7 Å². The fourth-order valence-electron chi connectivity index (χ4n) is 3.22. The van der Waals surface area contributed by atoms with Crippen LogP contribution in [-0.2, 0) is 6.54 Å². The van der Waals surface area contributed by atoms with Gasteiger partial charge in [-0.2, -0.15) is 0 Å². The van der Waals surface area contributed by atoms with Gasteiger partial charge in [0.2, 0.25) is 0 Å². The number of rotatable bonds is 6. The van der Waals surface area contributed by atoms with Crippen molar-refractivity contribution in [2.75, 3.05) is 25.0 Å². The summed E-state index contributed by atoms with van der Waals surface area (Å²) in [5.74, 6) is 2.64. The summed E-state index contributed by atoms with van der Waals surface area (Å²) in [6.07, 6.45) is 5.50. The van der Waals surface area contributed by atoms with Crippen LogP contribution in [0.3, 0.4) is 0 Å². The number of hydrogen-bond acceptors (Lipinski definition) is 6. The van der Waals surface area contributed by atoms with Crippen LogP contribution < -0.4 is 5.32 Å². The summed E-state index contributed by atoms with van der Waals surface area (Å²) in [6, 6.07) is 4.66. The number of pyridine rings is 1. The molecule has 4 rings (SSSR count). The van der Waals surface area contributed by atoms with Gasteiger partial charge in [0.15, 0.2) is 5.82 Å². The van der Waals surface area contributed by atoms with E-state index in [-0.39, 0.29) is 0 Å². The number of aromatic nitrogens is 5. The highest BCUT2D eigenvalue weighted by Gasteiger charge is 2.29. The van der Waals surface area contributed by atoms with Crippen molar-refractivity contribution in [2.45, 2.75) is 38.8 Å². The Balaban J connectivity index is 1.28. The van der Waals surface area contributed by atoms with E-state index in [1.165, 1.54) is 24.8 Å². The second kappa shape index (κ2) is 6.23. The highest BCUT2D eigenvalue weighted by molar-refractivity contribution is 5.36. The number of anilines is 1. The maximum atomic E-state index is 4.36. The largest absolute Gasteiger partial charge is 0.370 e. The van der Waals surface area contributed by atoms with Crippen molar-refractivity contribution in [3.8, 4) is 0 Å². The predicted octanol–water partition coefficient (Wildman–Crippen LogP) is 1.65. The average molecular weight is 313 g/mol. The molecule has 0 aromatic carbocycles. The summed E-state index contributed by atoms with van der Waals surface area (Å²) in [7, 11) is 0. The van der Waals surface area contributed by atoms with Crippen LogP contribution >= 0.6 is 0 Å². The number of hydrogen-bond donors (Lipinski definition) is 1. The zero-order chi connectivity index (χ0) is 15.6. The lowest BCUT2D eigenvalue weighted by atomic mass is 10.1. The first-order valence-corrected chi connectivity index (χ1v) is 8.43. The molecule has 2 fully saturated rings. The average Bonchev–Trinajstić information content (AvgIpc) is 3.12. The Hall–Kier alpha value is -2.02. The molecule has 0 amide bonds. The molecule has 1 aliphatic carbocycles. The maximum absolute atomic E-state index is 4.36. The van der Waals surface area contributed by atoms with Crippen LogP contribution in [0, 0.1) is 12.8 Å². The van der Waals surface area contributed by atoms with Gasteiger partial charge < -0.3 is 5.32 Å². The van der Waals surface area contributed by atoms with E-state index in [0.717, 1.165) is 37.8 Å². The molecule has 1 aliphatic heterocycles. The van der Waals surface area contributed by atoms with Gasteiger partial charge in [0.25, 0.3) is 0 Å². The van der Waals surface area contributed by atoms with Crippen molar-refractivity contribution in [1.82, 2.24) is 30.1 Å². The topological polar surface area (TPSA) is 71.8 Å². The molecule has 2 aromatic rings. The first kappa shape index (κ1) is 14.6. The van der Waals surface area contributed by atoms with Gasteiger partial charge in [0.05, 0.1) is 12.6 Å². The Labute approximate surface area is 136 Å². The van der Waals surface area contributed by atoms with Gasteiger partial charge in [0, 0.05) is 19.3 Å². The van der Waals surface area contributed by atoms with E-state index in [0.29, 0.717) is 12.0 Å². The molecule has 0 bridgehead atoms. The van der Waals surface area contributed by atoms with Gasteiger partial charge >= 0.3 is 0 Å². The predicted molar refractivity (Wildman–Crippen MR) is 86.9 cm³/mol. The van der Waals surface area contributed by atoms with Crippen molar-refractivity contribution in [3.63, 3.8) is 0 Å². The molecule has 1 saturated carbocycles. The third-order valence-corrected chi connectivity index (χ3v) is 4.68. The molecule has 23 heavy (non-hydrogen) atoms. The molecular weight excluding hydrogens is 290 g/mol. The van der Waals surface area contributed by atoms with Crippen molar-refractivity contribution >= 4 is 5.82 Å². The molecule has 3 heterocycles. The van der Waals surface area contributed by atoms with E-state index < -0.39 is 0 Å². The lowest BCUT2D eigenvalue weighted by Gasteiger charge is -2.16. The summed E-state index contributed by atoms with van der Waals surface area (Å²) in [6.45, 7) is 6.14. The minimum Gasteiger partial charge on any atom is -0.370 e. The highest BCUT2D eigenvalue weighted by atomic mass is 15.6. The van der Waals surface area contributed by atoms with Crippen LogP contribution in [0.15, 0.2) is 18.3 Å². The first-order chi connectivity index (χ1) is 11.3. The number of likely N-dealkylation sites (tertiary alicyclic amines) is 1. The molecule has 1 N–H and O–H groups in total. The van der Waals surface area contributed by atoms with Crippen LogP contribution in [0.25, 0.3) is 0 Å². The van der Waals surface area contributed by atoms with E-state index in [1.54, 1.807) is 0 Å². The van der Waals surface area contributed by atoms with Crippen molar-refractivity contribution < 1.29 is 0 Å². The summed E-state index contributed by atoms with van der Waals surface area (Å²) >= 11 is 0. The third kappa shape index (κ3) is 3.50. The first-order valence-electron chi connectivity index (χ1n) is 8.43. The van der Waals surface area contributed by atoms with Crippen LogP contribution in [0.1, 0.15) is 36.7 Å². The molecule has 1 saturated heterocycles. The van der Waals surface area contributed by atoms with Gasteiger partial charge in [-0.3, -0.25) is 4.90 Å². The number of aryl methyl sites for hydroxylation is 1. The van der Waals surface area contributed by atoms with Crippen molar-refractivity contribution in [2.24, 2.45) is 5.92 Å². The Kier molecular flexibility index (Phi) is 3.95. The Morgan fingerprint density at radius 2 is 2.22 bits per heavy atom. The molecule has 7 heteroatoms. The lowest BCUT2D eigenvalue weighted by Crippen LogP contribution is -2.24. The van der Waals surface area contributed by atoms with Crippen molar-refractivity contribution in [1.29, 1.82) is 0 Å². The fourth-order valence-corrected chi connectivity index (χ4v) is 3.22. The van der Waals surface area contributed by atoms with E-state index in [2.05, 4.69) is 43.7 Å². The van der Waals surface area contributed by atoms with E-state index in [4.69, 9.17) is 0 Å². The zero-order valence-electron chi connectivity index (χ0n) is 13.5. The molecular formula is C16H23N7. The Morgan fingerprint density at radius 1 is 1.30 bits per heavy atom. The monoisotopic (exact) mass is 313 g/mol. The molecule has 1 atom stereocenters. The Morgan fingerprint density at radius 3 is 3.04 bits per heavy atom. The van der Waals surface area contributed by atoms with Gasteiger partial charge in [-0.25, -0.2) is 9.67 Å². The van der Waals surface area contributed by atoms with Crippen molar-refractivity contribution in [3.05, 3.63) is 29.7 Å². The van der Waals surface area contributed by atoms with E-state index >= 15 is 0 Å². The lowest BCUT2D eigenvalue weighted by molar-refractivity contribution is 0.302. The second-order valence-corrected chi connectivity index (χ2v) is 6.76. The van der Waals surface area contributed by atoms with Gasteiger partial charge in [-0.15, -0.1) is 5.10 Å². The van der Waals surface area contributed by atoms with Crippen LogP contribution in [0.4, 0.5) is 5.82 Å². The Bertz CT molecular complexity index is 664. The van der Waals surface area contributed by atoms with Gasteiger partial charge in [-0.1, -0.05) is 0 Å². The molecule has 122 valence electrons. The summed E-state index contributed by atoms with van der Waals surface area (Å²) in [4.78, 5) is 6.82. The second-order valence-electron chi connectivity index (χ2n) is 6.76. The summed E-state index contributed by atoms with van der Waals surface area (Å²) in [5.41, 5.74) is 1.24. The molecule has 2 aromatic heterocycles. The van der Waals surface area contributed by atoms with E-state index in [9.17, 15) is 0 Å². The number of nitrogens with one attached hydrogen (secondary N) is 1. The third-order valence-electron chi connectivity index (χ3n) is 4.68. The number of tetrazole rings is 1. The summed E-state index contributed by atoms with van der Waals surface area (Å²) in [5, 5.41) is 15.6. The number of nitrogens with zero attached hydrogens (tertiary/aromatic N) is 6. The molecule has 0 radical (unpaired) electrons. The van der Waals surface area contributed by atoms with E-state index in [1.807, 2.05) is 16.9 Å². The highest BCUT2D eigenvalue weighted by Crippen LogP contribution is 2.34. The minimum atomic E-state index is 0.549.